The zero-order chi connectivity index (χ0) is 30.3. The van der Waals surface area contributed by atoms with E-state index in [1.807, 2.05) is 30.3 Å². The number of sulfonamides is 1. The Hall–Kier alpha value is -4.21. The van der Waals surface area contributed by atoms with Crippen LogP contribution in [0.25, 0.3) is 0 Å². The van der Waals surface area contributed by atoms with E-state index < -0.39 is 40.2 Å². The molecule has 0 aliphatic carbocycles. The van der Waals surface area contributed by atoms with Gasteiger partial charge in [-0.05, 0) is 66.1 Å². The molecule has 0 fully saturated rings. The van der Waals surface area contributed by atoms with Crippen molar-refractivity contribution in [3.05, 3.63) is 131 Å². The predicted molar refractivity (Wildman–Crippen MR) is 162 cm³/mol. The maximum absolute atomic E-state index is 14.2. The topological polar surface area (TPSA) is 86.8 Å². The molecule has 2 amide bonds. The predicted octanol–water partition coefficient (Wildman–Crippen LogP) is 5.37. The van der Waals surface area contributed by atoms with Crippen molar-refractivity contribution >= 4 is 39.1 Å². The monoisotopic (exact) mass is 607 g/mol. The Morgan fingerprint density at radius 3 is 2.10 bits per heavy atom. The molecule has 4 rings (SSSR count). The molecule has 10 heteroatoms. The molecule has 0 saturated carbocycles. The lowest BCUT2D eigenvalue weighted by Gasteiger charge is -2.34. The Balaban J connectivity index is 1.80. The molecule has 218 valence electrons. The van der Waals surface area contributed by atoms with Gasteiger partial charge in [0, 0.05) is 25.0 Å². The number of hydrogen-bond donors (Lipinski definition) is 1. The van der Waals surface area contributed by atoms with Gasteiger partial charge in [-0.15, -0.1) is 0 Å². The first-order valence-electron chi connectivity index (χ1n) is 13.2. The largest absolute Gasteiger partial charge is 0.357 e. The molecule has 0 saturated heterocycles. The highest BCUT2D eigenvalue weighted by atomic mass is 35.5. The Kier molecular flexibility index (Phi) is 9.98. The fourth-order valence-electron chi connectivity index (χ4n) is 4.64. The zero-order valence-electron chi connectivity index (χ0n) is 23.2. The highest BCUT2D eigenvalue weighted by molar-refractivity contribution is 7.92. The minimum Gasteiger partial charge on any atom is -0.357 e. The lowest BCUT2D eigenvalue weighted by molar-refractivity contribution is -0.139. The van der Waals surface area contributed by atoms with Gasteiger partial charge in [-0.2, -0.15) is 0 Å². The van der Waals surface area contributed by atoms with Crippen molar-refractivity contribution in [2.24, 2.45) is 0 Å². The Labute approximate surface area is 250 Å². The number of nitrogens with zero attached hydrogens (tertiary/aromatic N) is 2. The summed E-state index contributed by atoms with van der Waals surface area (Å²) in [5.74, 6) is -1.48. The Morgan fingerprint density at radius 2 is 1.50 bits per heavy atom. The molecule has 0 bridgehead atoms. The van der Waals surface area contributed by atoms with Gasteiger partial charge in [0.15, 0.2) is 0 Å². The Bertz CT molecular complexity index is 1640. The second-order valence-corrected chi connectivity index (χ2v) is 12.0. The molecule has 0 aliphatic rings. The molecule has 4 aromatic carbocycles. The van der Waals surface area contributed by atoms with Gasteiger partial charge < -0.3 is 10.2 Å². The van der Waals surface area contributed by atoms with E-state index in [9.17, 15) is 22.4 Å². The van der Waals surface area contributed by atoms with Crippen LogP contribution in [0.1, 0.15) is 16.7 Å². The first kappa shape index (κ1) is 30.7. The quantitative estimate of drug-likeness (QED) is 0.248. The van der Waals surface area contributed by atoms with Crippen molar-refractivity contribution in [2.45, 2.75) is 30.8 Å². The number of amides is 2. The van der Waals surface area contributed by atoms with Crippen LogP contribution in [0.15, 0.2) is 108 Å². The highest BCUT2D eigenvalue weighted by Crippen LogP contribution is 2.29. The number of rotatable bonds is 11. The summed E-state index contributed by atoms with van der Waals surface area (Å²) >= 11 is 6.17. The number of anilines is 1. The molecule has 4 aromatic rings. The summed E-state index contributed by atoms with van der Waals surface area (Å²) in [5.41, 5.74) is 2.21. The molecule has 7 nitrogen and oxygen atoms in total. The number of carbonyl (C=O) groups excluding carboxylic acids is 2. The summed E-state index contributed by atoms with van der Waals surface area (Å²) in [5, 5.41) is 3.05. The normalized spacial score (nSPS) is 11.9. The van der Waals surface area contributed by atoms with E-state index in [1.54, 1.807) is 43.3 Å². The molecule has 42 heavy (non-hydrogen) atoms. The average molecular weight is 608 g/mol. The van der Waals surface area contributed by atoms with Gasteiger partial charge in [0.1, 0.15) is 18.4 Å². The standard InChI is InChI=1S/C32H31ClFN3O4S/c1-23-19-26(33)15-18-29(23)37(42(40,41)28-11-7-4-8-12-28)22-31(38)36(21-25-13-16-27(34)17-14-25)30(32(39)35-2)20-24-9-5-3-6-10-24/h3-19,30H,20-22H2,1-2H3,(H,35,39)/t30-/m1/s1. The number of aryl methyl sites for hydroxylation is 1. The van der Waals surface area contributed by atoms with Crippen LogP contribution >= 0.6 is 11.6 Å². The van der Waals surface area contributed by atoms with Crippen LogP contribution in [-0.2, 0) is 32.6 Å². The van der Waals surface area contributed by atoms with Crippen LogP contribution in [0.5, 0.6) is 0 Å². The fourth-order valence-corrected chi connectivity index (χ4v) is 6.37. The third-order valence-electron chi connectivity index (χ3n) is 6.82. The molecule has 0 aliphatic heterocycles. The van der Waals surface area contributed by atoms with E-state index >= 15 is 0 Å². The first-order chi connectivity index (χ1) is 20.1. The Morgan fingerprint density at radius 1 is 0.881 bits per heavy atom. The third-order valence-corrected chi connectivity index (χ3v) is 8.83. The van der Waals surface area contributed by atoms with Gasteiger partial charge in [0.25, 0.3) is 10.0 Å². The second-order valence-electron chi connectivity index (χ2n) is 9.72. The minimum absolute atomic E-state index is 0.00405. The number of likely N-dealkylation sites (N-methyl/N-ethyl adjacent to an activating group) is 1. The van der Waals surface area contributed by atoms with E-state index in [2.05, 4.69) is 5.32 Å². The van der Waals surface area contributed by atoms with Gasteiger partial charge >= 0.3 is 0 Å². The van der Waals surface area contributed by atoms with Crippen molar-refractivity contribution in [2.75, 3.05) is 17.9 Å². The van der Waals surface area contributed by atoms with E-state index in [0.29, 0.717) is 16.1 Å². The molecule has 0 spiro atoms. The van der Waals surface area contributed by atoms with Crippen molar-refractivity contribution in [3.8, 4) is 0 Å². The van der Waals surface area contributed by atoms with Gasteiger partial charge in [-0.1, -0.05) is 72.3 Å². The SMILES string of the molecule is CNC(=O)[C@@H](Cc1ccccc1)N(Cc1ccc(F)cc1)C(=O)CN(c1ccc(Cl)cc1C)S(=O)(=O)c1ccccc1. The molecule has 1 atom stereocenters. The lowest BCUT2D eigenvalue weighted by Crippen LogP contribution is -2.53. The average Bonchev–Trinajstić information content (AvgIpc) is 2.99. The van der Waals surface area contributed by atoms with E-state index in [1.165, 1.54) is 48.3 Å². The highest BCUT2D eigenvalue weighted by Gasteiger charge is 2.34. The molecule has 0 heterocycles. The van der Waals surface area contributed by atoms with Crippen molar-refractivity contribution in [1.82, 2.24) is 10.2 Å². The maximum Gasteiger partial charge on any atom is 0.264 e. The number of nitrogens with one attached hydrogen (secondary N) is 1. The van der Waals surface area contributed by atoms with E-state index in [0.717, 1.165) is 9.87 Å². The van der Waals surface area contributed by atoms with Crippen LogP contribution in [0.4, 0.5) is 10.1 Å². The number of benzene rings is 4. The van der Waals surface area contributed by atoms with E-state index in [4.69, 9.17) is 11.6 Å². The van der Waals surface area contributed by atoms with Crippen LogP contribution in [0.2, 0.25) is 5.02 Å². The zero-order valence-corrected chi connectivity index (χ0v) is 24.8. The summed E-state index contributed by atoms with van der Waals surface area (Å²) in [4.78, 5) is 28.9. The van der Waals surface area contributed by atoms with Crippen LogP contribution in [-0.4, -0.2) is 44.8 Å². The van der Waals surface area contributed by atoms with Crippen molar-refractivity contribution in [1.29, 1.82) is 0 Å². The third kappa shape index (κ3) is 7.35. The molecule has 0 aromatic heterocycles. The minimum atomic E-state index is -4.21. The van der Waals surface area contributed by atoms with Gasteiger partial charge in [-0.3, -0.25) is 13.9 Å². The molecule has 0 unspecified atom stereocenters. The summed E-state index contributed by atoms with van der Waals surface area (Å²) in [6, 6.07) is 26.4. The molecular formula is C32H31ClFN3O4S. The smallest absolute Gasteiger partial charge is 0.264 e. The summed E-state index contributed by atoms with van der Waals surface area (Å²) < 4.78 is 42.7. The lowest BCUT2D eigenvalue weighted by atomic mass is 10.0. The summed E-state index contributed by atoms with van der Waals surface area (Å²) in [6.45, 7) is 1.06. The second kappa shape index (κ2) is 13.6. The van der Waals surface area contributed by atoms with E-state index in [-0.39, 0.29) is 23.5 Å². The van der Waals surface area contributed by atoms with Gasteiger partial charge in [-0.25, -0.2) is 12.8 Å². The summed E-state index contributed by atoms with van der Waals surface area (Å²) in [6.07, 6.45) is 0.179. The number of carbonyl (C=O) groups is 2. The van der Waals surface area contributed by atoms with Crippen LogP contribution < -0.4 is 9.62 Å². The maximum atomic E-state index is 14.2. The molecule has 0 radical (unpaired) electrons. The van der Waals surface area contributed by atoms with Crippen LogP contribution in [0, 0.1) is 12.7 Å². The summed E-state index contributed by atoms with van der Waals surface area (Å²) in [7, 11) is -2.74. The first-order valence-corrected chi connectivity index (χ1v) is 15.1. The number of hydrogen-bond acceptors (Lipinski definition) is 4. The molecule has 1 N–H and O–H groups in total. The fraction of sp³-hybridized carbons (Fsp3) is 0.188. The number of halogens is 2. The van der Waals surface area contributed by atoms with Crippen molar-refractivity contribution < 1.29 is 22.4 Å². The van der Waals surface area contributed by atoms with Gasteiger partial charge in [0.2, 0.25) is 11.8 Å². The van der Waals surface area contributed by atoms with Crippen LogP contribution in [0.3, 0.4) is 0 Å². The van der Waals surface area contributed by atoms with Gasteiger partial charge in [0.05, 0.1) is 10.6 Å². The van der Waals surface area contributed by atoms with Crippen molar-refractivity contribution in [3.63, 3.8) is 0 Å². The molecular weight excluding hydrogens is 577 g/mol.